The van der Waals surface area contributed by atoms with E-state index in [2.05, 4.69) is 11.8 Å². The Morgan fingerprint density at radius 1 is 0.848 bits per heavy atom. The lowest BCUT2D eigenvalue weighted by Gasteiger charge is -2.32. The van der Waals surface area contributed by atoms with Crippen LogP contribution in [0.3, 0.4) is 0 Å². The van der Waals surface area contributed by atoms with E-state index < -0.39 is 0 Å². The molecule has 0 aromatic heterocycles. The van der Waals surface area contributed by atoms with Crippen LogP contribution in [-0.4, -0.2) is 56.0 Å². The molecule has 33 heavy (non-hydrogen) atoms. The molecule has 2 amide bonds. The highest BCUT2D eigenvalue weighted by Crippen LogP contribution is 2.36. The number of ether oxygens (including phenoxy) is 3. The highest BCUT2D eigenvalue weighted by molar-refractivity contribution is 6.35. The zero-order valence-corrected chi connectivity index (χ0v) is 19.6. The van der Waals surface area contributed by atoms with Crippen LogP contribution in [0.5, 0.6) is 17.2 Å². The molecular weight excluding hydrogens is 420 g/mol. The van der Waals surface area contributed by atoms with Crippen molar-refractivity contribution in [2.24, 2.45) is 5.92 Å². The fourth-order valence-corrected chi connectivity index (χ4v) is 4.41. The van der Waals surface area contributed by atoms with Crippen molar-refractivity contribution in [2.75, 3.05) is 34.4 Å². The fraction of sp³-hybridized carbons (Fsp3) is 0.385. The summed E-state index contributed by atoms with van der Waals surface area (Å²) in [6.07, 6.45) is 1.99. The van der Waals surface area contributed by atoms with Crippen LogP contribution in [0.4, 0.5) is 0 Å². The van der Waals surface area contributed by atoms with Crippen molar-refractivity contribution in [1.29, 1.82) is 0 Å². The monoisotopic (exact) mass is 450 g/mol. The van der Waals surface area contributed by atoms with Gasteiger partial charge in [-0.15, -0.1) is 0 Å². The summed E-state index contributed by atoms with van der Waals surface area (Å²) in [6.45, 7) is 3.91. The molecule has 7 heteroatoms. The van der Waals surface area contributed by atoms with E-state index in [-0.39, 0.29) is 18.4 Å². The summed E-state index contributed by atoms with van der Waals surface area (Å²) in [6, 6.07) is 12.7. The number of hydrogen-bond donors (Lipinski definition) is 0. The van der Waals surface area contributed by atoms with Gasteiger partial charge in [0.15, 0.2) is 11.5 Å². The summed E-state index contributed by atoms with van der Waals surface area (Å²) in [5, 5.41) is 0. The molecule has 0 spiro atoms. The maximum absolute atomic E-state index is 13.6. The number of hydrogen-bond acceptors (Lipinski definition) is 6. The molecule has 2 aliphatic rings. The van der Waals surface area contributed by atoms with Gasteiger partial charge in [0.05, 0.1) is 33.4 Å². The smallest absolute Gasteiger partial charge is 0.278 e. The SMILES string of the molecule is COc1ccc(C2=C(N3CCC(C)CC3)C(=O)N(Cc3ccc(OC)c(OC)c3)C2=O)cc1. The molecule has 0 unspecified atom stereocenters. The van der Waals surface area contributed by atoms with Gasteiger partial charge in [0.2, 0.25) is 0 Å². The average Bonchev–Trinajstić information content (AvgIpc) is 3.09. The minimum atomic E-state index is -0.284. The number of nitrogens with zero attached hydrogens (tertiary/aromatic N) is 2. The first-order chi connectivity index (χ1) is 16.0. The first kappa shape index (κ1) is 22.7. The third-order valence-electron chi connectivity index (χ3n) is 6.41. The third kappa shape index (κ3) is 4.40. The standard InChI is InChI=1S/C26H30N2O5/c1-17-11-13-27(14-12-17)24-23(19-6-8-20(31-2)9-7-19)25(29)28(26(24)30)16-18-5-10-21(32-3)22(15-18)33-4/h5-10,15,17H,11-14,16H2,1-4H3. The van der Waals surface area contributed by atoms with E-state index in [9.17, 15) is 9.59 Å². The van der Waals surface area contributed by atoms with Crippen molar-refractivity contribution in [3.8, 4) is 17.2 Å². The highest BCUT2D eigenvalue weighted by atomic mass is 16.5. The maximum Gasteiger partial charge on any atom is 0.278 e. The quantitative estimate of drug-likeness (QED) is 0.599. The highest BCUT2D eigenvalue weighted by Gasteiger charge is 2.42. The average molecular weight is 451 g/mol. The van der Waals surface area contributed by atoms with E-state index in [4.69, 9.17) is 14.2 Å². The number of piperidine rings is 1. The third-order valence-corrected chi connectivity index (χ3v) is 6.41. The van der Waals surface area contributed by atoms with Gasteiger partial charge < -0.3 is 19.1 Å². The molecule has 7 nitrogen and oxygen atoms in total. The van der Waals surface area contributed by atoms with Crippen LogP contribution in [0.2, 0.25) is 0 Å². The molecule has 2 aromatic carbocycles. The Kier molecular flexibility index (Phi) is 6.58. The Hall–Kier alpha value is -3.48. The summed E-state index contributed by atoms with van der Waals surface area (Å²) in [5.74, 6) is 1.93. The molecule has 0 N–H and O–H groups in total. The molecule has 2 heterocycles. The summed E-state index contributed by atoms with van der Waals surface area (Å²) in [4.78, 5) is 30.6. The van der Waals surface area contributed by atoms with Crippen LogP contribution in [0, 0.1) is 5.92 Å². The molecule has 1 fully saturated rings. The van der Waals surface area contributed by atoms with Gasteiger partial charge >= 0.3 is 0 Å². The molecule has 4 rings (SSSR count). The summed E-state index contributed by atoms with van der Waals surface area (Å²) < 4.78 is 16.0. The van der Waals surface area contributed by atoms with Crippen LogP contribution < -0.4 is 14.2 Å². The first-order valence-electron chi connectivity index (χ1n) is 11.2. The topological polar surface area (TPSA) is 68.3 Å². The van der Waals surface area contributed by atoms with E-state index in [1.807, 2.05) is 30.3 Å². The van der Waals surface area contributed by atoms with E-state index in [0.29, 0.717) is 34.4 Å². The lowest BCUT2D eigenvalue weighted by atomic mass is 9.97. The number of imide groups is 1. The van der Waals surface area contributed by atoms with E-state index >= 15 is 0 Å². The van der Waals surface area contributed by atoms with E-state index in [0.717, 1.165) is 37.1 Å². The Bertz CT molecular complexity index is 1070. The second-order valence-electron chi connectivity index (χ2n) is 8.51. The Morgan fingerprint density at radius 2 is 1.52 bits per heavy atom. The van der Waals surface area contributed by atoms with Gasteiger partial charge in [0.1, 0.15) is 11.4 Å². The zero-order valence-electron chi connectivity index (χ0n) is 19.6. The van der Waals surface area contributed by atoms with Crippen molar-refractivity contribution >= 4 is 17.4 Å². The van der Waals surface area contributed by atoms with Crippen molar-refractivity contribution in [2.45, 2.75) is 26.3 Å². The lowest BCUT2D eigenvalue weighted by Crippen LogP contribution is -2.38. The van der Waals surface area contributed by atoms with Crippen molar-refractivity contribution in [1.82, 2.24) is 9.80 Å². The van der Waals surface area contributed by atoms with Crippen molar-refractivity contribution in [3.05, 3.63) is 59.3 Å². The number of carbonyl (C=O) groups is 2. The van der Waals surface area contributed by atoms with Gasteiger partial charge in [-0.05, 0) is 54.2 Å². The zero-order chi connectivity index (χ0) is 23.5. The summed E-state index contributed by atoms with van der Waals surface area (Å²) >= 11 is 0. The Labute approximate surface area is 194 Å². The minimum Gasteiger partial charge on any atom is -0.497 e. The maximum atomic E-state index is 13.6. The molecule has 2 aliphatic heterocycles. The molecule has 0 bridgehead atoms. The second kappa shape index (κ2) is 9.57. The number of carbonyl (C=O) groups excluding carboxylic acids is 2. The van der Waals surface area contributed by atoms with Crippen LogP contribution in [0.15, 0.2) is 48.2 Å². The number of benzene rings is 2. The molecular formula is C26H30N2O5. The minimum absolute atomic E-state index is 0.158. The molecule has 1 saturated heterocycles. The normalized spacial score (nSPS) is 17.1. The van der Waals surface area contributed by atoms with Crippen molar-refractivity contribution < 1.29 is 23.8 Å². The van der Waals surface area contributed by atoms with Crippen LogP contribution in [0.1, 0.15) is 30.9 Å². The van der Waals surface area contributed by atoms with Gasteiger partial charge in [-0.25, -0.2) is 0 Å². The molecule has 174 valence electrons. The van der Waals surface area contributed by atoms with Crippen molar-refractivity contribution in [3.63, 3.8) is 0 Å². The van der Waals surface area contributed by atoms with Gasteiger partial charge in [-0.1, -0.05) is 25.1 Å². The Balaban J connectivity index is 1.69. The molecule has 0 radical (unpaired) electrons. The number of likely N-dealkylation sites (tertiary alicyclic amines) is 1. The van der Waals surface area contributed by atoms with Crippen LogP contribution in [0.25, 0.3) is 5.57 Å². The number of amides is 2. The van der Waals surface area contributed by atoms with E-state index in [1.54, 1.807) is 33.5 Å². The van der Waals surface area contributed by atoms with Gasteiger partial charge in [0, 0.05) is 13.1 Å². The van der Waals surface area contributed by atoms with E-state index in [1.165, 1.54) is 4.90 Å². The summed E-state index contributed by atoms with van der Waals surface area (Å²) in [5.41, 5.74) is 2.46. The molecule has 0 atom stereocenters. The van der Waals surface area contributed by atoms with Gasteiger partial charge in [-0.3, -0.25) is 14.5 Å². The number of rotatable bonds is 7. The van der Waals surface area contributed by atoms with Gasteiger partial charge in [-0.2, -0.15) is 0 Å². The largest absolute Gasteiger partial charge is 0.497 e. The number of methoxy groups -OCH3 is 3. The molecule has 2 aromatic rings. The molecule has 0 aliphatic carbocycles. The fourth-order valence-electron chi connectivity index (χ4n) is 4.41. The first-order valence-corrected chi connectivity index (χ1v) is 11.2. The van der Waals surface area contributed by atoms with Crippen LogP contribution >= 0.6 is 0 Å². The lowest BCUT2D eigenvalue weighted by molar-refractivity contribution is -0.138. The predicted molar refractivity (Wildman–Crippen MR) is 125 cm³/mol. The predicted octanol–water partition coefficient (Wildman–Crippen LogP) is 3.72. The Morgan fingerprint density at radius 3 is 2.12 bits per heavy atom. The van der Waals surface area contributed by atoms with Gasteiger partial charge in [0.25, 0.3) is 11.8 Å². The molecule has 0 saturated carbocycles. The second-order valence-corrected chi connectivity index (χ2v) is 8.51. The summed E-state index contributed by atoms with van der Waals surface area (Å²) in [7, 11) is 4.73. The van der Waals surface area contributed by atoms with Crippen LogP contribution in [-0.2, 0) is 16.1 Å².